The van der Waals surface area contributed by atoms with Crippen molar-refractivity contribution in [1.82, 2.24) is 5.32 Å². The van der Waals surface area contributed by atoms with Crippen molar-refractivity contribution in [2.45, 2.75) is 45.6 Å². The van der Waals surface area contributed by atoms with Gasteiger partial charge in [0.15, 0.2) is 0 Å². The van der Waals surface area contributed by atoms with Crippen LogP contribution in [0, 0.1) is 0 Å². The Morgan fingerprint density at radius 1 is 0.893 bits per heavy atom. The van der Waals surface area contributed by atoms with Gasteiger partial charge in [-0.25, -0.2) is 0 Å². The van der Waals surface area contributed by atoms with E-state index in [1.807, 2.05) is 48.5 Å². The fourth-order valence-corrected chi connectivity index (χ4v) is 2.80. The van der Waals surface area contributed by atoms with Crippen molar-refractivity contribution >= 4 is 11.6 Å². The van der Waals surface area contributed by atoms with Crippen molar-refractivity contribution in [3.05, 3.63) is 54.1 Å². The molecule has 28 heavy (non-hydrogen) atoms. The van der Waals surface area contributed by atoms with Gasteiger partial charge in [0.1, 0.15) is 11.5 Å². The molecule has 0 saturated heterocycles. The molecule has 5 nitrogen and oxygen atoms in total. The van der Waals surface area contributed by atoms with Gasteiger partial charge in [-0.1, -0.05) is 44.7 Å². The molecule has 0 heterocycles. The molecule has 0 bridgehead atoms. The number of anilines is 1. The molecule has 2 N–H and O–H groups in total. The van der Waals surface area contributed by atoms with Crippen LogP contribution in [-0.2, 0) is 11.3 Å². The normalized spacial score (nSPS) is 10.5. The number of amides is 1. The van der Waals surface area contributed by atoms with Crippen LogP contribution in [0.4, 0.5) is 5.69 Å². The molecule has 2 aromatic carbocycles. The molecule has 0 unspecified atom stereocenters. The minimum atomic E-state index is -0.0712. The number of ether oxygens (including phenoxy) is 2. The highest BCUT2D eigenvalue weighted by molar-refractivity contribution is 5.92. The highest BCUT2D eigenvalue weighted by Gasteiger charge is 2.03. The van der Waals surface area contributed by atoms with Crippen molar-refractivity contribution in [3.63, 3.8) is 0 Å². The molecule has 0 aromatic heterocycles. The molecule has 0 aliphatic rings. The Bertz CT molecular complexity index is 684. The van der Waals surface area contributed by atoms with E-state index in [0.717, 1.165) is 35.8 Å². The second-order valence-corrected chi connectivity index (χ2v) is 6.79. The largest absolute Gasteiger partial charge is 0.497 e. The van der Waals surface area contributed by atoms with E-state index in [1.165, 1.54) is 25.7 Å². The molecular weight excluding hydrogens is 352 g/mol. The van der Waals surface area contributed by atoms with Crippen LogP contribution in [0.15, 0.2) is 48.5 Å². The zero-order chi connectivity index (χ0) is 20.0. The summed E-state index contributed by atoms with van der Waals surface area (Å²) in [6, 6.07) is 15.3. The van der Waals surface area contributed by atoms with Crippen molar-refractivity contribution < 1.29 is 14.3 Å². The molecule has 0 aliphatic heterocycles. The lowest BCUT2D eigenvalue weighted by molar-refractivity contribution is -0.115. The molecule has 5 heteroatoms. The van der Waals surface area contributed by atoms with Crippen LogP contribution < -0.4 is 20.1 Å². The average molecular weight is 385 g/mol. The maximum atomic E-state index is 12.1. The number of carbonyl (C=O) groups is 1. The maximum absolute atomic E-state index is 12.1. The third kappa shape index (κ3) is 8.44. The van der Waals surface area contributed by atoms with Gasteiger partial charge in [-0.2, -0.15) is 0 Å². The molecule has 0 fully saturated rings. The third-order valence-corrected chi connectivity index (χ3v) is 4.43. The summed E-state index contributed by atoms with van der Waals surface area (Å²) in [6.45, 7) is 3.84. The lowest BCUT2D eigenvalue weighted by Crippen LogP contribution is -2.27. The topological polar surface area (TPSA) is 59.6 Å². The quantitative estimate of drug-likeness (QED) is 0.488. The summed E-state index contributed by atoms with van der Waals surface area (Å²) in [5.41, 5.74) is 1.87. The van der Waals surface area contributed by atoms with Gasteiger partial charge in [0.25, 0.3) is 0 Å². The Morgan fingerprint density at radius 2 is 1.57 bits per heavy atom. The first kappa shape index (κ1) is 21.8. The van der Waals surface area contributed by atoms with E-state index >= 15 is 0 Å². The van der Waals surface area contributed by atoms with E-state index in [4.69, 9.17) is 9.47 Å². The Balaban J connectivity index is 1.63. The van der Waals surface area contributed by atoms with Crippen LogP contribution in [0.3, 0.4) is 0 Å². The summed E-state index contributed by atoms with van der Waals surface area (Å²) in [7, 11) is 1.64. The molecule has 2 aromatic rings. The summed E-state index contributed by atoms with van der Waals surface area (Å²) in [4.78, 5) is 12.1. The van der Waals surface area contributed by atoms with Crippen LogP contribution in [0.1, 0.15) is 44.6 Å². The van der Waals surface area contributed by atoms with Crippen molar-refractivity contribution in [3.8, 4) is 11.5 Å². The van der Waals surface area contributed by atoms with E-state index in [-0.39, 0.29) is 12.5 Å². The molecule has 1 amide bonds. The lowest BCUT2D eigenvalue weighted by atomic mass is 10.2. The highest BCUT2D eigenvalue weighted by atomic mass is 16.5. The zero-order valence-corrected chi connectivity index (χ0v) is 17.0. The number of hydrogen-bond donors (Lipinski definition) is 2. The number of unbranched alkanes of at least 4 members (excludes halogenated alkanes) is 4. The summed E-state index contributed by atoms with van der Waals surface area (Å²) in [6.07, 6.45) is 6.12. The first-order chi connectivity index (χ1) is 13.7. The predicted molar refractivity (Wildman–Crippen MR) is 114 cm³/mol. The second-order valence-electron chi connectivity index (χ2n) is 6.79. The Labute approximate surface area is 168 Å². The van der Waals surface area contributed by atoms with Crippen LogP contribution in [0.25, 0.3) is 0 Å². The Hall–Kier alpha value is -2.53. The molecule has 152 valence electrons. The van der Waals surface area contributed by atoms with Gasteiger partial charge in [0.2, 0.25) is 5.91 Å². The molecule has 2 rings (SSSR count). The van der Waals surface area contributed by atoms with E-state index < -0.39 is 0 Å². The smallest absolute Gasteiger partial charge is 0.238 e. The van der Waals surface area contributed by atoms with Gasteiger partial charge in [-0.3, -0.25) is 4.79 Å². The molecule has 0 radical (unpaired) electrons. The number of methoxy groups -OCH3 is 1. The number of rotatable bonds is 13. The van der Waals surface area contributed by atoms with E-state index in [0.29, 0.717) is 6.54 Å². The first-order valence-electron chi connectivity index (χ1n) is 10.1. The van der Waals surface area contributed by atoms with Crippen LogP contribution in [0.2, 0.25) is 0 Å². The molecule has 0 saturated carbocycles. The van der Waals surface area contributed by atoms with Crippen LogP contribution in [0.5, 0.6) is 11.5 Å². The molecule has 0 spiro atoms. The first-order valence-corrected chi connectivity index (χ1v) is 10.1. The Kier molecular flexibility index (Phi) is 9.94. The summed E-state index contributed by atoms with van der Waals surface area (Å²) in [5.74, 6) is 1.59. The van der Waals surface area contributed by atoms with Gasteiger partial charge in [0, 0.05) is 12.2 Å². The second kappa shape index (κ2) is 12.8. The summed E-state index contributed by atoms with van der Waals surface area (Å²) >= 11 is 0. The fourth-order valence-electron chi connectivity index (χ4n) is 2.80. The summed E-state index contributed by atoms with van der Waals surface area (Å²) < 4.78 is 10.9. The van der Waals surface area contributed by atoms with Crippen LogP contribution in [-0.4, -0.2) is 26.2 Å². The molecule has 0 aliphatic carbocycles. The predicted octanol–water partition coefficient (Wildman–Crippen LogP) is 4.77. The lowest BCUT2D eigenvalue weighted by Gasteiger charge is -2.09. The maximum Gasteiger partial charge on any atom is 0.238 e. The van der Waals surface area contributed by atoms with Crippen molar-refractivity contribution in [2.24, 2.45) is 0 Å². The molecular formula is C23H32N2O3. The number of nitrogens with one attached hydrogen (secondary N) is 2. The van der Waals surface area contributed by atoms with E-state index in [1.54, 1.807) is 7.11 Å². The van der Waals surface area contributed by atoms with Gasteiger partial charge < -0.3 is 20.1 Å². The standard InChI is InChI=1S/C23H32N2O3/c1-3-4-5-6-7-16-28-22-14-10-20(11-15-22)25-23(26)18-24-17-19-8-12-21(27-2)13-9-19/h8-15,24H,3-7,16-18H2,1-2H3,(H,25,26). The highest BCUT2D eigenvalue weighted by Crippen LogP contribution is 2.16. The van der Waals surface area contributed by atoms with Crippen LogP contribution >= 0.6 is 0 Å². The van der Waals surface area contributed by atoms with E-state index in [2.05, 4.69) is 17.6 Å². The SMILES string of the molecule is CCCCCCCOc1ccc(NC(=O)CNCc2ccc(OC)cc2)cc1. The van der Waals surface area contributed by atoms with E-state index in [9.17, 15) is 4.79 Å². The zero-order valence-electron chi connectivity index (χ0n) is 17.0. The minimum absolute atomic E-state index is 0.0712. The number of benzene rings is 2. The van der Waals surface area contributed by atoms with Gasteiger partial charge in [-0.05, 0) is 48.4 Å². The number of hydrogen-bond acceptors (Lipinski definition) is 4. The van der Waals surface area contributed by atoms with Gasteiger partial charge in [-0.15, -0.1) is 0 Å². The number of carbonyl (C=O) groups excluding carboxylic acids is 1. The third-order valence-electron chi connectivity index (χ3n) is 4.43. The van der Waals surface area contributed by atoms with Gasteiger partial charge >= 0.3 is 0 Å². The average Bonchev–Trinajstić information content (AvgIpc) is 2.72. The fraction of sp³-hybridized carbons (Fsp3) is 0.435. The Morgan fingerprint density at radius 3 is 2.25 bits per heavy atom. The molecule has 0 atom stereocenters. The van der Waals surface area contributed by atoms with Crippen molar-refractivity contribution in [2.75, 3.05) is 25.6 Å². The summed E-state index contributed by atoms with van der Waals surface area (Å²) in [5, 5.41) is 6.03. The monoisotopic (exact) mass is 384 g/mol. The van der Waals surface area contributed by atoms with Crippen molar-refractivity contribution in [1.29, 1.82) is 0 Å². The van der Waals surface area contributed by atoms with Gasteiger partial charge in [0.05, 0.1) is 20.3 Å². The minimum Gasteiger partial charge on any atom is -0.497 e.